The molecule has 1 aliphatic heterocycles. The van der Waals surface area contributed by atoms with Crippen molar-refractivity contribution in [1.29, 1.82) is 0 Å². The fourth-order valence-corrected chi connectivity index (χ4v) is 4.04. The van der Waals surface area contributed by atoms with E-state index in [9.17, 15) is 14.0 Å². The Balaban J connectivity index is 1.38. The van der Waals surface area contributed by atoms with Crippen molar-refractivity contribution in [2.45, 2.75) is 18.9 Å². The number of rotatable bonds is 8. The van der Waals surface area contributed by atoms with E-state index in [2.05, 4.69) is 5.32 Å². The Kier molecular flexibility index (Phi) is 7.31. The van der Waals surface area contributed by atoms with Gasteiger partial charge in [0.15, 0.2) is 0 Å². The third-order valence-electron chi connectivity index (χ3n) is 4.42. The summed E-state index contributed by atoms with van der Waals surface area (Å²) >= 11 is 1.59. The Labute approximate surface area is 168 Å². The molecule has 1 atom stereocenters. The van der Waals surface area contributed by atoms with Crippen LogP contribution in [0.25, 0.3) is 0 Å². The highest BCUT2D eigenvalue weighted by Gasteiger charge is 2.34. The molecule has 0 aromatic heterocycles. The summed E-state index contributed by atoms with van der Waals surface area (Å²) in [6, 6.07) is 14.5. The summed E-state index contributed by atoms with van der Waals surface area (Å²) in [5, 5.41) is 2.92. The van der Waals surface area contributed by atoms with Gasteiger partial charge in [-0.3, -0.25) is 9.59 Å². The molecule has 28 heavy (non-hydrogen) atoms. The lowest BCUT2D eigenvalue weighted by molar-refractivity contribution is -0.124. The Morgan fingerprint density at radius 2 is 1.86 bits per heavy atom. The molecule has 2 aromatic rings. The Morgan fingerprint density at radius 1 is 1.11 bits per heavy atom. The fraction of sp³-hybridized carbons (Fsp3) is 0.333. The Hall–Kier alpha value is -2.54. The van der Waals surface area contributed by atoms with Gasteiger partial charge in [0, 0.05) is 17.9 Å². The fourth-order valence-electron chi connectivity index (χ4n) is 2.88. The van der Waals surface area contributed by atoms with Crippen molar-refractivity contribution in [3.63, 3.8) is 0 Å². The van der Waals surface area contributed by atoms with Gasteiger partial charge in [-0.2, -0.15) is 0 Å². The van der Waals surface area contributed by atoms with Crippen LogP contribution in [0.15, 0.2) is 54.6 Å². The van der Waals surface area contributed by atoms with Crippen LogP contribution in [-0.2, 0) is 4.79 Å². The number of unbranched alkanes of at least 4 members (excludes halogenated alkanes) is 1. The minimum absolute atomic E-state index is 0.113. The van der Waals surface area contributed by atoms with Crippen molar-refractivity contribution in [1.82, 2.24) is 10.2 Å². The highest BCUT2D eigenvalue weighted by atomic mass is 32.2. The van der Waals surface area contributed by atoms with Crippen molar-refractivity contribution >= 4 is 23.6 Å². The minimum Gasteiger partial charge on any atom is -0.494 e. The molecule has 7 heteroatoms. The number of hydrogen-bond acceptors (Lipinski definition) is 4. The number of thioether (sulfide) groups is 1. The van der Waals surface area contributed by atoms with E-state index < -0.39 is 6.04 Å². The maximum atomic E-state index is 12.8. The van der Waals surface area contributed by atoms with E-state index in [4.69, 9.17) is 4.74 Å². The van der Waals surface area contributed by atoms with Gasteiger partial charge in [0.1, 0.15) is 17.6 Å². The number of ether oxygens (including phenoxy) is 1. The van der Waals surface area contributed by atoms with Crippen LogP contribution >= 0.6 is 11.8 Å². The molecule has 1 unspecified atom stereocenters. The molecular weight excluding hydrogens is 379 g/mol. The van der Waals surface area contributed by atoms with Crippen LogP contribution in [-0.4, -0.2) is 47.5 Å². The van der Waals surface area contributed by atoms with Crippen molar-refractivity contribution in [3.05, 3.63) is 66.0 Å². The van der Waals surface area contributed by atoms with Crippen LogP contribution in [0, 0.1) is 5.82 Å². The molecule has 1 N–H and O–H groups in total. The van der Waals surface area contributed by atoms with E-state index in [0.29, 0.717) is 36.1 Å². The number of nitrogens with one attached hydrogen (secondary N) is 1. The third-order valence-corrected chi connectivity index (χ3v) is 5.43. The van der Waals surface area contributed by atoms with Gasteiger partial charge in [0.25, 0.3) is 5.91 Å². The second-order valence-electron chi connectivity index (χ2n) is 6.46. The normalized spacial score (nSPS) is 16.0. The first-order chi connectivity index (χ1) is 13.6. The summed E-state index contributed by atoms with van der Waals surface area (Å²) < 4.78 is 18.4. The smallest absolute Gasteiger partial charge is 0.255 e. The van der Waals surface area contributed by atoms with E-state index in [-0.39, 0.29) is 17.6 Å². The van der Waals surface area contributed by atoms with E-state index in [1.54, 1.807) is 40.9 Å². The number of nitrogens with zero attached hydrogens (tertiary/aromatic N) is 1. The predicted molar refractivity (Wildman–Crippen MR) is 108 cm³/mol. The Bertz CT molecular complexity index is 786. The molecule has 0 aliphatic carbocycles. The van der Waals surface area contributed by atoms with Gasteiger partial charge < -0.3 is 15.0 Å². The average Bonchev–Trinajstić information content (AvgIpc) is 3.22. The zero-order valence-corrected chi connectivity index (χ0v) is 16.3. The minimum atomic E-state index is -0.437. The number of benzene rings is 2. The van der Waals surface area contributed by atoms with Gasteiger partial charge in [-0.15, -0.1) is 11.8 Å². The summed E-state index contributed by atoms with van der Waals surface area (Å²) in [4.78, 5) is 26.7. The number of carbonyl (C=O) groups is 2. The molecule has 148 valence electrons. The molecular formula is C21H23FN2O3S. The lowest BCUT2D eigenvalue weighted by atomic mass is 10.1. The first kappa shape index (κ1) is 20.2. The number of amides is 2. The average molecular weight is 402 g/mol. The van der Waals surface area contributed by atoms with Gasteiger partial charge in [-0.25, -0.2) is 4.39 Å². The molecule has 3 rings (SSSR count). The molecule has 1 fully saturated rings. The zero-order valence-electron chi connectivity index (χ0n) is 15.5. The zero-order chi connectivity index (χ0) is 19.8. The summed E-state index contributed by atoms with van der Waals surface area (Å²) in [6.07, 6.45) is 1.53. The van der Waals surface area contributed by atoms with E-state index in [0.717, 1.165) is 12.8 Å². The molecule has 1 saturated heterocycles. The van der Waals surface area contributed by atoms with Crippen molar-refractivity contribution in [3.8, 4) is 5.75 Å². The van der Waals surface area contributed by atoms with Crippen LogP contribution in [0.4, 0.5) is 4.39 Å². The van der Waals surface area contributed by atoms with Gasteiger partial charge in [-0.05, 0) is 49.2 Å². The summed E-state index contributed by atoms with van der Waals surface area (Å²) in [5.41, 5.74) is 0.598. The van der Waals surface area contributed by atoms with E-state index in [1.165, 1.54) is 12.1 Å². The molecule has 0 saturated carbocycles. The highest BCUT2D eigenvalue weighted by Crippen LogP contribution is 2.23. The quantitative estimate of drug-likeness (QED) is 0.689. The molecule has 0 radical (unpaired) electrons. The van der Waals surface area contributed by atoms with Gasteiger partial charge >= 0.3 is 0 Å². The SMILES string of the molecule is O=C(NCCCCOc1ccc(F)cc1)C1CSCN1C(=O)c1ccccc1. The standard InChI is InChI=1S/C21H23FN2O3S/c22-17-8-10-18(11-9-17)27-13-5-4-12-23-20(25)19-14-28-15-24(19)21(26)16-6-2-1-3-7-16/h1-3,6-11,19H,4-5,12-15H2,(H,23,25). The van der Waals surface area contributed by atoms with Gasteiger partial charge in [0.05, 0.1) is 12.5 Å². The first-order valence-corrected chi connectivity index (χ1v) is 10.4. The second kappa shape index (κ2) is 10.1. The van der Waals surface area contributed by atoms with Crippen molar-refractivity contribution < 1.29 is 18.7 Å². The van der Waals surface area contributed by atoms with Crippen molar-refractivity contribution in [2.24, 2.45) is 0 Å². The number of hydrogen-bond donors (Lipinski definition) is 1. The van der Waals surface area contributed by atoms with E-state index >= 15 is 0 Å². The molecule has 5 nitrogen and oxygen atoms in total. The molecule has 0 spiro atoms. The molecule has 2 amide bonds. The predicted octanol–water partition coefficient (Wildman–Crippen LogP) is 3.32. The van der Waals surface area contributed by atoms with Crippen molar-refractivity contribution in [2.75, 3.05) is 24.8 Å². The lowest BCUT2D eigenvalue weighted by Crippen LogP contribution is -2.47. The van der Waals surface area contributed by atoms with Crippen LogP contribution < -0.4 is 10.1 Å². The lowest BCUT2D eigenvalue weighted by Gasteiger charge is -2.23. The second-order valence-corrected chi connectivity index (χ2v) is 7.46. The maximum Gasteiger partial charge on any atom is 0.255 e. The largest absolute Gasteiger partial charge is 0.494 e. The highest BCUT2D eigenvalue weighted by molar-refractivity contribution is 7.99. The third kappa shape index (κ3) is 5.48. The van der Waals surface area contributed by atoms with Crippen LogP contribution in [0.1, 0.15) is 23.2 Å². The van der Waals surface area contributed by atoms with Crippen LogP contribution in [0.2, 0.25) is 0 Å². The molecule has 1 aliphatic rings. The monoisotopic (exact) mass is 402 g/mol. The molecule has 1 heterocycles. The Morgan fingerprint density at radius 3 is 2.61 bits per heavy atom. The molecule has 2 aromatic carbocycles. The summed E-state index contributed by atoms with van der Waals surface area (Å²) in [6.45, 7) is 1.03. The summed E-state index contributed by atoms with van der Waals surface area (Å²) in [5.74, 6) is 1.24. The van der Waals surface area contributed by atoms with Crippen LogP contribution in [0.5, 0.6) is 5.75 Å². The van der Waals surface area contributed by atoms with E-state index in [1.807, 2.05) is 18.2 Å². The number of halogens is 1. The summed E-state index contributed by atoms with van der Waals surface area (Å²) in [7, 11) is 0. The first-order valence-electron chi connectivity index (χ1n) is 9.25. The number of carbonyl (C=O) groups excluding carboxylic acids is 2. The van der Waals surface area contributed by atoms with Gasteiger partial charge in [0.2, 0.25) is 5.91 Å². The topological polar surface area (TPSA) is 58.6 Å². The van der Waals surface area contributed by atoms with Gasteiger partial charge in [-0.1, -0.05) is 18.2 Å². The maximum absolute atomic E-state index is 12.8. The van der Waals surface area contributed by atoms with Crippen LogP contribution in [0.3, 0.4) is 0 Å². The molecule has 0 bridgehead atoms.